The highest BCUT2D eigenvalue weighted by Gasteiger charge is 2.05. The van der Waals surface area contributed by atoms with Crippen LogP contribution in [0.5, 0.6) is 0 Å². The summed E-state index contributed by atoms with van der Waals surface area (Å²) >= 11 is 0. The summed E-state index contributed by atoms with van der Waals surface area (Å²) in [4.78, 5) is 0. The maximum Gasteiger partial charge on any atom is 0.0815 e. The molecule has 108 valence electrons. The highest BCUT2D eigenvalue weighted by atomic mass is 16.5. The Kier molecular flexibility index (Phi) is 5.18. The van der Waals surface area contributed by atoms with Crippen LogP contribution in [-0.2, 0) is 17.9 Å². The van der Waals surface area contributed by atoms with Gasteiger partial charge in [0, 0.05) is 30.6 Å². The molecule has 0 radical (unpaired) electrons. The molecule has 1 aromatic heterocycles. The van der Waals surface area contributed by atoms with Crippen molar-refractivity contribution in [3.63, 3.8) is 0 Å². The molecule has 0 aliphatic heterocycles. The summed E-state index contributed by atoms with van der Waals surface area (Å²) in [6.07, 6.45) is 3.14. The molecule has 4 nitrogen and oxygen atoms in total. The topological polar surface area (TPSA) is 39.1 Å². The summed E-state index contributed by atoms with van der Waals surface area (Å²) in [5.74, 6) is 0. The van der Waals surface area contributed by atoms with Gasteiger partial charge in [-0.25, -0.2) is 0 Å². The number of aromatic nitrogens is 2. The smallest absolute Gasteiger partial charge is 0.0815 e. The second-order valence-corrected chi connectivity index (χ2v) is 4.99. The van der Waals surface area contributed by atoms with Crippen molar-refractivity contribution in [2.75, 3.05) is 12.4 Å². The average Bonchev–Trinajstić information content (AvgIpc) is 2.95. The Bertz CT molecular complexity index is 536. The van der Waals surface area contributed by atoms with Crippen LogP contribution < -0.4 is 5.32 Å². The van der Waals surface area contributed by atoms with Crippen LogP contribution in [0.25, 0.3) is 0 Å². The zero-order valence-electron chi connectivity index (χ0n) is 12.5. The Morgan fingerprint density at radius 3 is 2.85 bits per heavy atom. The molecule has 1 atom stereocenters. The van der Waals surface area contributed by atoms with Crippen LogP contribution in [0.4, 0.5) is 5.69 Å². The van der Waals surface area contributed by atoms with E-state index in [2.05, 4.69) is 42.5 Å². The number of hydrogen-bond donors (Lipinski definition) is 1. The van der Waals surface area contributed by atoms with E-state index >= 15 is 0 Å². The van der Waals surface area contributed by atoms with E-state index in [1.165, 1.54) is 0 Å². The summed E-state index contributed by atoms with van der Waals surface area (Å²) in [5.41, 5.74) is 3.32. The lowest BCUT2D eigenvalue weighted by Crippen LogP contribution is -2.07. The standard InChI is InChI=1S/C16H23N3O/c1-4-13(2)19-10-9-15(18-19)11-17-16-8-6-5-7-14(16)12-20-3/h5-10,13,17H,4,11-12H2,1-3H3. The van der Waals surface area contributed by atoms with Crippen molar-refractivity contribution >= 4 is 5.69 Å². The van der Waals surface area contributed by atoms with Crippen LogP contribution in [-0.4, -0.2) is 16.9 Å². The Labute approximate surface area is 120 Å². The maximum atomic E-state index is 5.21. The molecule has 1 heterocycles. The zero-order valence-corrected chi connectivity index (χ0v) is 12.5. The van der Waals surface area contributed by atoms with Crippen LogP contribution in [0.1, 0.15) is 37.6 Å². The lowest BCUT2D eigenvalue weighted by molar-refractivity contribution is 0.185. The molecule has 1 N–H and O–H groups in total. The third kappa shape index (κ3) is 3.61. The van der Waals surface area contributed by atoms with Gasteiger partial charge in [-0.3, -0.25) is 4.68 Å². The van der Waals surface area contributed by atoms with Gasteiger partial charge >= 0.3 is 0 Å². The van der Waals surface area contributed by atoms with Gasteiger partial charge in [0.25, 0.3) is 0 Å². The van der Waals surface area contributed by atoms with E-state index in [4.69, 9.17) is 4.74 Å². The molecule has 1 aromatic carbocycles. The van der Waals surface area contributed by atoms with Crippen molar-refractivity contribution in [2.24, 2.45) is 0 Å². The van der Waals surface area contributed by atoms with Crippen molar-refractivity contribution in [2.45, 2.75) is 39.5 Å². The van der Waals surface area contributed by atoms with Crippen molar-refractivity contribution < 1.29 is 4.74 Å². The molecular formula is C16H23N3O. The Hall–Kier alpha value is -1.81. The minimum absolute atomic E-state index is 0.449. The predicted molar refractivity (Wildman–Crippen MR) is 81.7 cm³/mol. The SMILES string of the molecule is CCC(C)n1ccc(CNc2ccccc2COC)n1. The molecule has 0 saturated heterocycles. The minimum atomic E-state index is 0.449. The number of hydrogen-bond acceptors (Lipinski definition) is 3. The van der Waals surface area contributed by atoms with Crippen molar-refractivity contribution in [3.8, 4) is 0 Å². The molecule has 2 aromatic rings. The lowest BCUT2D eigenvalue weighted by Gasteiger charge is -2.11. The van der Waals surface area contributed by atoms with Gasteiger partial charge in [-0.1, -0.05) is 25.1 Å². The minimum Gasteiger partial charge on any atom is -0.380 e. The van der Waals surface area contributed by atoms with E-state index in [1.807, 2.05) is 23.0 Å². The highest BCUT2D eigenvalue weighted by Crippen LogP contribution is 2.17. The summed E-state index contributed by atoms with van der Waals surface area (Å²) in [6.45, 7) is 5.69. The summed E-state index contributed by atoms with van der Waals surface area (Å²) in [7, 11) is 1.71. The van der Waals surface area contributed by atoms with Crippen LogP contribution >= 0.6 is 0 Å². The van der Waals surface area contributed by atoms with Gasteiger partial charge in [0.1, 0.15) is 0 Å². The quantitative estimate of drug-likeness (QED) is 0.837. The molecule has 0 aliphatic rings. The van der Waals surface area contributed by atoms with Crippen LogP contribution in [0.2, 0.25) is 0 Å². The number of nitrogens with zero attached hydrogens (tertiary/aromatic N) is 2. The molecule has 0 spiro atoms. The molecule has 0 amide bonds. The van der Waals surface area contributed by atoms with E-state index < -0.39 is 0 Å². The predicted octanol–water partition coefficient (Wildman–Crippen LogP) is 3.61. The first-order valence-electron chi connectivity index (χ1n) is 7.09. The van der Waals surface area contributed by atoms with Gasteiger partial charge in [0.2, 0.25) is 0 Å². The van der Waals surface area contributed by atoms with E-state index in [9.17, 15) is 0 Å². The van der Waals surface area contributed by atoms with E-state index in [0.29, 0.717) is 12.6 Å². The van der Waals surface area contributed by atoms with Gasteiger partial charge in [-0.2, -0.15) is 5.10 Å². The molecule has 20 heavy (non-hydrogen) atoms. The first kappa shape index (κ1) is 14.6. The number of para-hydroxylation sites is 1. The number of anilines is 1. The fraction of sp³-hybridized carbons (Fsp3) is 0.438. The monoisotopic (exact) mass is 273 g/mol. The maximum absolute atomic E-state index is 5.21. The van der Waals surface area contributed by atoms with Crippen molar-refractivity contribution in [1.82, 2.24) is 9.78 Å². The third-order valence-electron chi connectivity index (χ3n) is 3.48. The van der Waals surface area contributed by atoms with Gasteiger partial charge in [0.15, 0.2) is 0 Å². The molecule has 1 unspecified atom stereocenters. The molecule has 0 bridgehead atoms. The number of ether oxygens (including phenoxy) is 1. The van der Waals surface area contributed by atoms with Crippen molar-refractivity contribution in [3.05, 3.63) is 47.8 Å². The largest absolute Gasteiger partial charge is 0.380 e. The number of rotatable bonds is 7. The van der Waals surface area contributed by atoms with Gasteiger partial charge < -0.3 is 10.1 Å². The van der Waals surface area contributed by atoms with Crippen LogP contribution in [0, 0.1) is 0 Å². The number of methoxy groups -OCH3 is 1. The van der Waals surface area contributed by atoms with Gasteiger partial charge in [-0.05, 0) is 25.5 Å². The molecular weight excluding hydrogens is 250 g/mol. The zero-order chi connectivity index (χ0) is 14.4. The first-order valence-corrected chi connectivity index (χ1v) is 7.09. The Balaban J connectivity index is 2.00. The summed E-state index contributed by atoms with van der Waals surface area (Å²) in [5, 5.41) is 8.02. The lowest BCUT2D eigenvalue weighted by atomic mass is 10.2. The Morgan fingerprint density at radius 2 is 2.10 bits per heavy atom. The van der Waals surface area contributed by atoms with Gasteiger partial charge in [0.05, 0.1) is 18.8 Å². The summed E-state index contributed by atoms with van der Waals surface area (Å²) in [6, 6.07) is 10.7. The second-order valence-electron chi connectivity index (χ2n) is 4.99. The van der Waals surface area contributed by atoms with Crippen molar-refractivity contribution in [1.29, 1.82) is 0 Å². The van der Waals surface area contributed by atoms with E-state index in [1.54, 1.807) is 7.11 Å². The normalized spacial score (nSPS) is 12.3. The molecule has 4 heteroatoms. The molecule has 0 fully saturated rings. The third-order valence-corrected chi connectivity index (χ3v) is 3.48. The molecule has 0 aliphatic carbocycles. The first-order chi connectivity index (χ1) is 9.74. The van der Waals surface area contributed by atoms with Crippen LogP contribution in [0.15, 0.2) is 36.5 Å². The number of nitrogens with one attached hydrogen (secondary N) is 1. The van der Waals surface area contributed by atoms with E-state index in [-0.39, 0.29) is 0 Å². The molecule has 0 saturated carbocycles. The molecule has 2 rings (SSSR count). The fourth-order valence-electron chi connectivity index (χ4n) is 2.06. The Morgan fingerprint density at radius 1 is 1.30 bits per heavy atom. The highest BCUT2D eigenvalue weighted by molar-refractivity contribution is 5.50. The van der Waals surface area contributed by atoms with E-state index in [0.717, 1.165) is 29.9 Å². The van der Waals surface area contributed by atoms with Gasteiger partial charge in [-0.15, -0.1) is 0 Å². The summed E-state index contributed by atoms with van der Waals surface area (Å²) < 4.78 is 7.24. The number of benzene rings is 1. The van der Waals surface area contributed by atoms with Crippen LogP contribution in [0.3, 0.4) is 0 Å². The average molecular weight is 273 g/mol. The fourth-order valence-corrected chi connectivity index (χ4v) is 2.06. The second kappa shape index (κ2) is 7.10.